The number of hydrogen-bond acceptors (Lipinski definition) is 4. The van der Waals surface area contributed by atoms with Crippen LogP contribution in [0.2, 0.25) is 0 Å². The summed E-state index contributed by atoms with van der Waals surface area (Å²) in [6.07, 6.45) is 6.10. The van der Waals surface area contributed by atoms with Gasteiger partial charge in [-0.2, -0.15) is 0 Å². The fourth-order valence-electron chi connectivity index (χ4n) is 2.54. The van der Waals surface area contributed by atoms with Gasteiger partial charge < -0.3 is 10.2 Å². The minimum Gasteiger partial charge on any atom is -0.348 e. The van der Waals surface area contributed by atoms with Gasteiger partial charge in [-0.3, -0.25) is 0 Å². The van der Waals surface area contributed by atoms with Crippen LogP contribution in [0, 0.1) is 0 Å². The zero-order valence-corrected chi connectivity index (χ0v) is 13.5. The van der Waals surface area contributed by atoms with E-state index in [1.165, 1.54) is 41.4 Å². The summed E-state index contributed by atoms with van der Waals surface area (Å²) in [4.78, 5) is 8.77. The number of nitrogens with one attached hydrogen (secondary N) is 1. The third-order valence-corrected chi connectivity index (χ3v) is 5.36. The van der Waals surface area contributed by atoms with Crippen molar-refractivity contribution in [2.75, 3.05) is 18.5 Å². The van der Waals surface area contributed by atoms with E-state index in [1.54, 1.807) is 0 Å². The summed E-state index contributed by atoms with van der Waals surface area (Å²) in [5, 5.41) is 4.85. The normalized spacial score (nSPS) is 20.1. The number of fused-ring (bicyclic) bond motifs is 1. The zero-order chi connectivity index (χ0) is 13.8. The SMILES string of the molecule is CCCNC1CCCc2sc(N(C)C(C)CC)nc21. The summed E-state index contributed by atoms with van der Waals surface area (Å²) >= 11 is 1.90. The molecule has 1 aromatic heterocycles. The lowest BCUT2D eigenvalue weighted by Gasteiger charge is -2.23. The maximum Gasteiger partial charge on any atom is 0.185 e. The van der Waals surface area contributed by atoms with Gasteiger partial charge in [0.2, 0.25) is 0 Å². The zero-order valence-electron chi connectivity index (χ0n) is 12.7. The van der Waals surface area contributed by atoms with Crippen molar-refractivity contribution in [3.05, 3.63) is 10.6 Å². The van der Waals surface area contributed by atoms with Crippen LogP contribution in [-0.2, 0) is 6.42 Å². The molecule has 2 rings (SSSR count). The van der Waals surface area contributed by atoms with Gasteiger partial charge in [0.1, 0.15) is 0 Å². The third-order valence-electron chi connectivity index (χ3n) is 4.14. The van der Waals surface area contributed by atoms with E-state index in [0.29, 0.717) is 12.1 Å². The van der Waals surface area contributed by atoms with Crippen molar-refractivity contribution < 1.29 is 0 Å². The maximum absolute atomic E-state index is 4.94. The Bertz CT molecular complexity index is 402. The third kappa shape index (κ3) is 3.29. The van der Waals surface area contributed by atoms with Gasteiger partial charge in [-0.1, -0.05) is 13.8 Å². The topological polar surface area (TPSA) is 28.2 Å². The van der Waals surface area contributed by atoms with Gasteiger partial charge in [0.25, 0.3) is 0 Å². The summed E-state index contributed by atoms with van der Waals surface area (Å²) in [6.45, 7) is 7.82. The number of rotatable bonds is 6. The molecule has 1 N–H and O–H groups in total. The Morgan fingerprint density at radius 3 is 2.95 bits per heavy atom. The molecule has 0 fully saturated rings. The fraction of sp³-hybridized carbons (Fsp3) is 0.800. The summed E-state index contributed by atoms with van der Waals surface area (Å²) in [6, 6.07) is 1.05. The molecule has 1 heterocycles. The van der Waals surface area contributed by atoms with Crippen LogP contribution in [0.4, 0.5) is 5.13 Å². The second-order valence-corrected chi connectivity index (χ2v) is 6.63. The van der Waals surface area contributed by atoms with Crippen molar-refractivity contribution in [3.63, 3.8) is 0 Å². The van der Waals surface area contributed by atoms with Gasteiger partial charge >= 0.3 is 0 Å². The van der Waals surface area contributed by atoms with Crippen LogP contribution in [0.1, 0.15) is 63.1 Å². The minimum atomic E-state index is 0.485. The summed E-state index contributed by atoms with van der Waals surface area (Å²) in [7, 11) is 2.17. The molecule has 1 aromatic rings. The van der Waals surface area contributed by atoms with Crippen LogP contribution in [0.5, 0.6) is 0 Å². The van der Waals surface area contributed by atoms with Gasteiger partial charge in [-0.15, -0.1) is 11.3 Å². The van der Waals surface area contributed by atoms with Gasteiger partial charge in [0.15, 0.2) is 5.13 Å². The van der Waals surface area contributed by atoms with E-state index >= 15 is 0 Å². The number of hydrogen-bond donors (Lipinski definition) is 1. The summed E-state index contributed by atoms with van der Waals surface area (Å²) in [5.41, 5.74) is 1.33. The number of anilines is 1. The van der Waals surface area contributed by atoms with Crippen LogP contribution >= 0.6 is 11.3 Å². The largest absolute Gasteiger partial charge is 0.348 e. The van der Waals surface area contributed by atoms with Crippen molar-refractivity contribution in [1.82, 2.24) is 10.3 Å². The fourth-order valence-corrected chi connectivity index (χ4v) is 3.76. The van der Waals surface area contributed by atoms with Crippen LogP contribution in [0.3, 0.4) is 0 Å². The first-order valence-electron chi connectivity index (χ1n) is 7.63. The van der Waals surface area contributed by atoms with Crippen molar-refractivity contribution in [2.24, 2.45) is 0 Å². The molecule has 108 valence electrons. The van der Waals surface area contributed by atoms with Gasteiger partial charge in [0.05, 0.1) is 11.7 Å². The standard InChI is InChI=1S/C15H27N3S/c1-5-10-16-12-8-7-9-13-14(12)17-15(19-13)18(4)11(3)6-2/h11-12,16H,5-10H2,1-4H3. The molecule has 0 aliphatic heterocycles. The molecular weight excluding hydrogens is 254 g/mol. The predicted octanol–water partition coefficient (Wildman–Crippen LogP) is 3.75. The molecule has 1 aliphatic carbocycles. The Kier molecular flexibility index (Phi) is 5.22. The van der Waals surface area contributed by atoms with Crippen LogP contribution in [0.25, 0.3) is 0 Å². The molecule has 1 aliphatic rings. The Hall–Kier alpha value is -0.610. The summed E-state index contributed by atoms with van der Waals surface area (Å²) < 4.78 is 0. The molecule has 4 heteroatoms. The first-order chi connectivity index (χ1) is 9.17. The molecule has 0 saturated heterocycles. The van der Waals surface area contributed by atoms with Crippen molar-refractivity contribution >= 4 is 16.5 Å². The molecule has 0 amide bonds. The van der Waals surface area contributed by atoms with Crippen LogP contribution < -0.4 is 10.2 Å². The van der Waals surface area contributed by atoms with Crippen molar-refractivity contribution in [2.45, 2.75) is 65.0 Å². The highest BCUT2D eigenvalue weighted by atomic mass is 32.1. The number of aryl methyl sites for hydroxylation is 1. The molecule has 19 heavy (non-hydrogen) atoms. The van der Waals surface area contributed by atoms with E-state index in [2.05, 4.69) is 38.0 Å². The van der Waals surface area contributed by atoms with Gasteiger partial charge in [-0.25, -0.2) is 4.98 Å². The van der Waals surface area contributed by atoms with E-state index < -0.39 is 0 Å². The molecule has 0 saturated carbocycles. The Morgan fingerprint density at radius 1 is 1.47 bits per heavy atom. The molecule has 0 bridgehead atoms. The predicted molar refractivity (Wildman–Crippen MR) is 84.2 cm³/mol. The molecular formula is C15H27N3S. The summed E-state index contributed by atoms with van der Waals surface area (Å²) in [5.74, 6) is 0. The van der Waals surface area contributed by atoms with E-state index in [0.717, 1.165) is 13.0 Å². The van der Waals surface area contributed by atoms with Crippen molar-refractivity contribution in [3.8, 4) is 0 Å². The first kappa shape index (κ1) is 14.8. The highest BCUT2D eigenvalue weighted by molar-refractivity contribution is 7.15. The first-order valence-corrected chi connectivity index (χ1v) is 8.44. The van der Waals surface area contributed by atoms with Crippen LogP contribution in [-0.4, -0.2) is 24.6 Å². The van der Waals surface area contributed by atoms with Gasteiger partial charge in [-0.05, 0) is 45.6 Å². The number of nitrogens with zero attached hydrogens (tertiary/aromatic N) is 2. The lowest BCUT2D eigenvalue weighted by Crippen LogP contribution is -2.28. The minimum absolute atomic E-state index is 0.485. The second kappa shape index (κ2) is 6.71. The average Bonchev–Trinajstić information content (AvgIpc) is 2.87. The molecule has 2 unspecified atom stereocenters. The monoisotopic (exact) mass is 281 g/mol. The maximum atomic E-state index is 4.94. The van der Waals surface area contributed by atoms with E-state index in [9.17, 15) is 0 Å². The number of aromatic nitrogens is 1. The molecule has 3 nitrogen and oxygen atoms in total. The second-order valence-electron chi connectivity index (χ2n) is 5.57. The molecule has 0 spiro atoms. The lowest BCUT2D eigenvalue weighted by atomic mass is 9.97. The molecule has 2 atom stereocenters. The van der Waals surface area contributed by atoms with Crippen LogP contribution in [0.15, 0.2) is 0 Å². The smallest absolute Gasteiger partial charge is 0.185 e. The Balaban J connectivity index is 2.16. The lowest BCUT2D eigenvalue weighted by molar-refractivity contribution is 0.454. The van der Waals surface area contributed by atoms with E-state index in [1.807, 2.05) is 11.3 Å². The number of thiazole rings is 1. The highest BCUT2D eigenvalue weighted by Gasteiger charge is 2.25. The Labute approximate surface area is 121 Å². The van der Waals surface area contributed by atoms with Gasteiger partial charge in [0, 0.05) is 18.0 Å². The van der Waals surface area contributed by atoms with E-state index in [-0.39, 0.29) is 0 Å². The quantitative estimate of drug-likeness (QED) is 0.860. The highest BCUT2D eigenvalue weighted by Crippen LogP contribution is 2.37. The molecule has 0 radical (unpaired) electrons. The van der Waals surface area contributed by atoms with E-state index in [4.69, 9.17) is 4.98 Å². The Morgan fingerprint density at radius 2 is 2.26 bits per heavy atom. The average molecular weight is 281 g/mol. The van der Waals surface area contributed by atoms with Crippen molar-refractivity contribution in [1.29, 1.82) is 0 Å². The molecule has 0 aromatic carbocycles.